The van der Waals surface area contributed by atoms with Crippen LogP contribution in [0.5, 0.6) is 0 Å². The van der Waals surface area contributed by atoms with Gasteiger partial charge in [-0.2, -0.15) is 13.2 Å². The number of ether oxygens (including phenoxy) is 1. The van der Waals surface area contributed by atoms with Crippen molar-refractivity contribution in [2.24, 2.45) is 0 Å². The summed E-state index contributed by atoms with van der Waals surface area (Å²) in [5, 5.41) is 2.52. The van der Waals surface area contributed by atoms with Crippen LogP contribution in [0, 0.1) is 0 Å². The standard InChI is InChI=1S/C11H17F3N2O3/c1-7-5-9(17)15-8(2)10(18)16(7)3-4-19-6-11(12,13)14/h7-8H,3-6H2,1-2H3,(H,15,17). The van der Waals surface area contributed by atoms with Gasteiger partial charge in [-0.05, 0) is 13.8 Å². The van der Waals surface area contributed by atoms with Crippen molar-refractivity contribution in [1.29, 1.82) is 0 Å². The molecule has 1 aliphatic rings. The maximum Gasteiger partial charge on any atom is 0.411 e. The number of nitrogens with zero attached hydrogens (tertiary/aromatic N) is 1. The first kappa shape index (κ1) is 15.7. The minimum absolute atomic E-state index is 0.0371. The lowest BCUT2D eigenvalue weighted by Crippen LogP contribution is -2.46. The summed E-state index contributed by atoms with van der Waals surface area (Å²) >= 11 is 0. The summed E-state index contributed by atoms with van der Waals surface area (Å²) in [5.74, 6) is -0.555. The van der Waals surface area contributed by atoms with Crippen LogP contribution in [-0.4, -0.2) is 54.7 Å². The van der Waals surface area contributed by atoms with Gasteiger partial charge in [0.05, 0.1) is 6.61 Å². The van der Waals surface area contributed by atoms with Gasteiger partial charge in [-0.15, -0.1) is 0 Å². The molecule has 2 unspecified atom stereocenters. The Morgan fingerprint density at radius 2 is 2.00 bits per heavy atom. The van der Waals surface area contributed by atoms with Crippen molar-refractivity contribution in [3.8, 4) is 0 Å². The summed E-state index contributed by atoms with van der Waals surface area (Å²) in [7, 11) is 0. The zero-order chi connectivity index (χ0) is 14.6. The van der Waals surface area contributed by atoms with Gasteiger partial charge in [-0.1, -0.05) is 0 Å². The second kappa shape index (κ2) is 6.23. The van der Waals surface area contributed by atoms with Gasteiger partial charge < -0.3 is 15.0 Å². The van der Waals surface area contributed by atoms with E-state index in [2.05, 4.69) is 10.1 Å². The lowest BCUT2D eigenvalue weighted by atomic mass is 10.2. The Morgan fingerprint density at radius 1 is 1.37 bits per heavy atom. The van der Waals surface area contributed by atoms with E-state index >= 15 is 0 Å². The number of hydrogen-bond acceptors (Lipinski definition) is 3. The molecule has 1 saturated heterocycles. The zero-order valence-electron chi connectivity index (χ0n) is 10.8. The number of carbonyl (C=O) groups is 2. The molecule has 0 aromatic rings. The van der Waals surface area contributed by atoms with E-state index in [4.69, 9.17) is 0 Å². The highest BCUT2D eigenvalue weighted by atomic mass is 19.4. The molecule has 0 saturated carbocycles. The van der Waals surface area contributed by atoms with E-state index in [1.165, 1.54) is 4.90 Å². The van der Waals surface area contributed by atoms with Gasteiger partial charge in [0, 0.05) is 19.0 Å². The summed E-state index contributed by atoms with van der Waals surface area (Å²) in [6, 6.07) is -1.02. The minimum Gasteiger partial charge on any atom is -0.370 e. The third-order valence-electron chi connectivity index (χ3n) is 2.79. The molecule has 1 aliphatic heterocycles. The Hall–Kier alpha value is -1.31. The average molecular weight is 282 g/mol. The minimum atomic E-state index is -4.38. The Labute approximate surface area is 109 Å². The molecule has 0 radical (unpaired) electrons. The van der Waals surface area contributed by atoms with Crippen LogP contribution in [0.1, 0.15) is 20.3 Å². The molecular weight excluding hydrogens is 265 g/mol. The molecule has 1 N–H and O–H groups in total. The van der Waals surface area contributed by atoms with Crippen molar-refractivity contribution in [3.63, 3.8) is 0 Å². The highest BCUT2D eigenvalue weighted by Crippen LogP contribution is 2.15. The fourth-order valence-corrected chi connectivity index (χ4v) is 1.89. The summed E-state index contributed by atoms with van der Waals surface area (Å²) in [5.41, 5.74) is 0. The van der Waals surface area contributed by atoms with E-state index in [1.807, 2.05) is 0 Å². The van der Waals surface area contributed by atoms with Gasteiger partial charge in [0.1, 0.15) is 12.6 Å². The van der Waals surface area contributed by atoms with Crippen LogP contribution in [0.25, 0.3) is 0 Å². The van der Waals surface area contributed by atoms with Crippen molar-refractivity contribution in [1.82, 2.24) is 10.2 Å². The molecule has 0 aliphatic carbocycles. The Balaban J connectivity index is 2.50. The van der Waals surface area contributed by atoms with E-state index in [1.54, 1.807) is 13.8 Å². The van der Waals surface area contributed by atoms with Crippen LogP contribution in [0.15, 0.2) is 0 Å². The Morgan fingerprint density at radius 3 is 2.58 bits per heavy atom. The molecule has 8 heteroatoms. The lowest BCUT2D eigenvalue weighted by molar-refractivity contribution is -0.175. The Kier molecular flexibility index (Phi) is 5.16. The zero-order valence-corrected chi connectivity index (χ0v) is 10.8. The number of nitrogens with one attached hydrogen (secondary N) is 1. The predicted octanol–water partition coefficient (Wildman–Crippen LogP) is 0.691. The van der Waals surface area contributed by atoms with Gasteiger partial charge in [-0.3, -0.25) is 9.59 Å². The van der Waals surface area contributed by atoms with Gasteiger partial charge in [0.2, 0.25) is 11.8 Å². The third kappa shape index (κ3) is 5.06. The maximum absolute atomic E-state index is 11.9. The normalized spacial score (nSPS) is 25.2. The summed E-state index contributed by atoms with van der Waals surface area (Å²) in [6.45, 7) is 1.71. The van der Waals surface area contributed by atoms with E-state index in [0.717, 1.165) is 0 Å². The van der Waals surface area contributed by atoms with Crippen molar-refractivity contribution in [2.45, 2.75) is 38.5 Å². The molecule has 1 heterocycles. The molecule has 1 fully saturated rings. The second-order valence-electron chi connectivity index (χ2n) is 4.54. The molecule has 0 spiro atoms. The maximum atomic E-state index is 11.9. The van der Waals surface area contributed by atoms with Crippen LogP contribution < -0.4 is 5.32 Å². The van der Waals surface area contributed by atoms with E-state index in [9.17, 15) is 22.8 Å². The monoisotopic (exact) mass is 282 g/mol. The van der Waals surface area contributed by atoms with Gasteiger partial charge in [0.25, 0.3) is 0 Å². The molecule has 0 aromatic heterocycles. The lowest BCUT2D eigenvalue weighted by Gasteiger charge is -2.27. The molecular formula is C11H17F3N2O3. The second-order valence-corrected chi connectivity index (χ2v) is 4.54. The Bertz CT molecular complexity index is 347. The van der Waals surface area contributed by atoms with Crippen molar-refractivity contribution in [3.05, 3.63) is 0 Å². The van der Waals surface area contributed by atoms with Crippen LogP contribution in [0.3, 0.4) is 0 Å². The van der Waals surface area contributed by atoms with Crippen molar-refractivity contribution >= 4 is 11.8 Å². The topological polar surface area (TPSA) is 58.6 Å². The van der Waals surface area contributed by atoms with Crippen molar-refractivity contribution < 1.29 is 27.5 Å². The molecule has 1 rings (SSSR count). The van der Waals surface area contributed by atoms with Crippen LogP contribution in [0.4, 0.5) is 13.2 Å². The highest BCUT2D eigenvalue weighted by Gasteiger charge is 2.32. The van der Waals surface area contributed by atoms with Gasteiger partial charge in [0.15, 0.2) is 0 Å². The quantitative estimate of drug-likeness (QED) is 0.772. The first-order valence-corrected chi connectivity index (χ1v) is 5.95. The number of hydrogen-bond donors (Lipinski definition) is 1. The molecule has 5 nitrogen and oxygen atoms in total. The van der Waals surface area contributed by atoms with E-state index in [0.29, 0.717) is 0 Å². The van der Waals surface area contributed by atoms with Crippen LogP contribution >= 0.6 is 0 Å². The summed E-state index contributed by atoms with van der Waals surface area (Å²) in [6.07, 6.45) is -4.24. The highest BCUT2D eigenvalue weighted by molar-refractivity contribution is 5.90. The molecule has 19 heavy (non-hydrogen) atoms. The molecule has 110 valence electrons. The van der Waals surface area contributed by atoms with E-state index in [-0.39, 0.29) is 37.4 Å². The average Bonchev–Trinajstić information content (AvgIpc) is 2.33. The fourth-order valence-electron chi connectivity index (χ4n) is 1.89. The number of amides is 2. The molecule has 2 atom stereocenters. The summed E-state index contributed by atoms with van der Waals surface area (Å²) in [4.78, 5) is 24.7. The van der Waals surface area contributed by atoms with E-state index < -0.39 is 18.8 Å². The molecule has 0 bridgehead atoms. The van der Waals surface area contributed by atoms with Gasteiger partial charge >= 0.3 is 6.18 Å². The van der Waals surface area contributed by atoms with Gasteiger partial charge in [-0.25, -0.2) is 0 Å². The van der Waals surface area contributed by atoms with Crippen LogP contribution in [-0.2, 0) is 14.3 Å². The molecule has 0 aromatic carbocycles. The van der Waals surface area contributed by atoms with Crippen molar-refractivity contribution in [2.75, 3.05) is 19.8 Å². The third-order valence-corrected chi connectivity index (χ3v) is 2.79. The SMILES string of the molecule is CC1NC(=O)CC(C)N(CCOCC(F)(F)F)C1=O. The van der Waals surface area contributed by atoms with Crippen LogP contribution in [0.2, 0.25) is 0 Å². The fraction of sp³-hybridized carbons (Fsp3) is 0.818. The number of carbonyl (C=O) groups excluding carboxylic acids is 2. The summed E-state index contributed by atoms with van der Waals surface area (Å²) < 4.78 is 40.2. The predicted molar refractivity (Wildman–Crippen MR) is 60.3 cm³/mol. The first-order chi connectivity index (χ1) is 8.70. The number of rotatable bonds is 4. The number of alkyl halides is 3. The number of halogens is 3. The molecule has 2 amide bonds. The largest absolute Gasteiger partial charge is 0.411 e. The smallest absolute Gasteiger partial charge is 0.370 e. The first-order valence-electron chi connectivity index (χ1n) is 5.95.